The molecule has 0 amide bonds. The summed E-state index contributed by atoms with van der Waals surface area (Å²) in [6, 6.07) is 54.4. The van der Waals surface area contributed by atoms with Crippen LogP contribution in [0.4, 0.5) is 11.4 Å². The van der Waals surface area contributed by atoms with Crippen molar-refractivity contribution in [2.24, 2.45) is 0 Å². The van der Waals surface area contributed by atoms with Crippen LogP contribution < -0.4 is 83.0 Å². The first-order chi connectivity index (χ1) is 42.7. The van der Waals surface area contributed by atoms with Crippen molar-refractivity contribution < 1.29 is 92.3 Å². The van der Waals surface area contributed by atoms with Crippen molar-refractivity contribution in [2.45, 2.75) is 0 Å². The molecule has 88 heavy (non-hydrogen) atoms. The van der Waals surface area contributed by atoms with Crippen molar-refractivity contribution in [1.29, 1.82) is 0 Å². The quantitative estimate of drug-likeness (QED) is 0.0382. The summed E-state index contributed by atoms with van der Waals surface area (Å²) in [5.74, 6) is -0.940. The largest absolute Gasteiger partial charge is 0.555 e. The Morgan fingerprint density at radius 2 is 0.307 bits per heavy atom. The molecule has 0 aliphatic carbocycles. The number of methoxy groups -OCH3 is 8. The highest BCUT2D eigenvalue weighted by Crippen LogP contribution is 2.73. The van der Waals surface area contributed by atoms with Gasteiger partial charge in [0, 0.05) is 0 Å². The number of nitrogens with zero attached hydrogens (tertiary/aromatic N) is 2. The summed E-state index contributed by atoms with van der Waals surface area (Å²) < 4.78 is 168. The van der Waals surface area contributed by atoms with Crippen molar-refractivity contribution in [3.63, 3.8) is 0 Å². The highest BCUT2D eigenvalue weighted by atomic mass is 31.3. The summed E-state index contributed by atoms with van der Waals surface area (Å²) in [6.07, 6.45) is 0. The topological polar surface area (TPSA) is 222 Å². The number of hydrogen-bond donors (Lipinski definition) is 0. The van der Waals surface area contributed by atoms with Crippen LogP contribution in [0.2, 0.25) is 0 Å². The van der Waals surface area contributed by atoms with Gasteiger partial charge in [-0.2, -0.15) is 0 Å². The molecule has 0 heterocycles. The Morgan fingerprint density at radius 3 is 0.420 bits per heavy atom. The smallest absolute Gasteiger partial charge is 0.493 e. The van der Waals surface area contributed by atoms with Gasteiger partial charge >= 0.3 is 31.0 Å². The van der Waals surface area contributed by atoms with Crippen LogP contribution in [0.5, 0.6) is 92.0 Å². The predicted molar refractivity (Wildman–Crippen MR) is 331 cm³/mol. The third-order valence-electron chi connectivity index (χ3n) is 12.5. The maximum atomic E-state index is 17.1. The Bertz CT molecular complexity index is 3340. The second-order valence-electron chi connectivity index (χ2n) is 17.9. The van der Waals surface area contributed by atoms with E-state index < -0.39 is 31.0 Å². The van der Waals surface area contributed by atoms with E-state index in [1.807, 2.05) is 0 Å². The molecule has 9 aromatic carbocycles. The van der Waals surface area contributed by atoms with Gasteiger partial charge in [0.1, 0.15) is 0 Å². The molecule has 0 unspecified atom stereocenters. The van der Waals surface area contributed by atoms with Gasteiger partial charge in [-0.25, -0.2) is 18.3 Å². The predicted octanol–water partition coefficient (Wildman–Crippen LogP) is 16.4. The lowest BCUT2D eigenvalue weighted by Crippen LogP contribution is -2.29. The lowest BCUT2D eigenvalue weighted by atomic mass is 10.3. The van der Waals surface area contributed by atoms with Crippen LogP contribution >= 0.6 is 31.0 Å². The second kappa shape index (κ2) is 28.2. The van der Waals surface area contributed by atoms with E-state index in [0.29, 0.717) is 8.88 Å². The van der Waals surface area contributed by atoms with Gasteiger partial charge < -0.3 is 74.1 Å². The second-order valence-corrected chi connectivity index (χ2v) is 25.3. The Morgan fingerprint density at radius 1 is 0.193 bits per heavy atom. The van der Waals surface area contributed by atoms with Crippen molar-refractivity contribution in [3.05, 3.63) is 218 Å². The molecule has 9 rings (SSSR count). The normalized spacial score (nSPS) is 11.4. The molecule has 0 radical (unpaired) electrons. The molecule has 26 heteroatoms. The number of benzene rings is 9. The van der Waals surface area contributed by atoms with Crippen molar-refractivity contribution in [2.75, 3.05) is 65.8 Å². The van der Waals surface area contributed by atoms with Crippen LogP contribution in [0.3, 0.4) is 0 Å². The Kier molecular flexibility index (Phi) is 20.1. The Hall–Kier alpha value is -9.70. The highest BCUT2D eigenvalue weighted by molar-refractivity contribution is 7.75. The third-order valence-corrected chi connectivity index (χ3v) is 21.3. The zero-order valence-corrected chi connectivity index (χ0v) is 52.2. The molecule has 458 valence electrons. The maximum absolute atomic E-state index is 17.1. The number of ether oxygens (including phenoxy) is 8. The molecular weight excluding hydrogens is 1220 g/mol. The molecule has 0 aliphatic heterocycles. The third kappa shape index (κ3) is 13.9. The van der Waals surface area contributed by atoms with Crippen molar-refractivity contribution in [3.8, 4) is 92.0 Å². The molecule has 0 aliphatic rings. The van der Waals surface area contributed by atoms with Gasteiger partial charge in [0.15, 0.2) is 92.0 Å². The van der Waals surface area contributed by atoms with E-state index in [1.54, 1.807) is 97.1 Å². The first kappa shape index (κ1) is 62.8. The number of anilines is 2. The van der Waals surface area contributed by atoms with Gasteiger partial charge in [0.25, 0.3) is 0 Å². The Balaban J connectivity index is 1.38. The van der Waals surface area contributed by atoms with Gasteiger partial charge in [-0.15, -0.1) is 8.88 Å². The van der Waals surface area contributed by atoms with Gasteiger partial charge in [0.05, 0.1) is 68.3 Å². The van der Waals surface area contributed by atoms with E-state index >= 15 is 18.3 Å². The van der Waals surface area contributed by atoms with Crippen LogP contribution in [-0.4, -0.2) is 56.9 Å². The fourth-order valence-corrected chi connectivity index (χ4v) is 17.1. The van der Waals surface area contributed by atoms with Crippen LogP contribution in [-0.2, 0) is 18.3 Å². The molecule has 0 bridgehead atoms. The van der Waals surface area contributed by atoms with Crippen LogP contribution in [0.15, 0.2) is 218 Å². The summed E-state index contributed by atoms with van der Waals surface area (Å²) in [5, 5.41) is 0. The summed E-state index contributed by atoms with van der Waals surface area (Å²) in [4.78, 5) is 0. The number of hydrogen-bond acceptors (Lipinski definition) is 20. The SMILES string of the molecule is COc1ccccc1OP(=O)(Oc1ccccc1OC)N(c1ccc(N(P(=O)(Oc2ccccc2OC)Oc2ccccc2OC)P(=O)(Oc2ccccc2OC)Oc2ccccc2OC)cc1)P(=O)(Oc1ccccc1OC)Oc1ccccc1OC. The molecule has 0 aromatic heterocycles. The molecule has 0 N–H and O–H groups in total. The highest BCUT2D eigenvalue weighted by Gasteiger charge is 2.57. The van der Waals surface area contributed by atoms with E-state index in [0.717, 1.165) is 0 Å². The zero-order chi connectivity index (χ0) is 62.3. The number of para-hydroxylation sites is 16. The monoisotopic (exact) mass is 1280 g/mol. The average molecular weight is 1280 g/mol. The van der Waals surface area contributed by atoms with Crippen LogP contribution in [0, 0.1) is 0 Å². The first-order valence-electron chi connectivity index (χ1n) is 26.4. The van der Waals surface area contributed by atoms with Crippen LogP contribution in [0.25, 0.3) is 0 Å². The standard InChI is InChI=1S/C62H60N2O20P4/c1-69-47-25-9-17-33-55(47)77-85(65,78-56-34-18-10-26-48(56)70-2)63(86(66,79-57-35-19-11-27-49(57)71-3)80-58-36-20-12-28-50(58)72-4)45-41-43-46(44-42-45)64(87(67,81-59-37-21-13-29-51(59)73-5)82-60-38-22-14-30-52(60)74-6)88(68,83-61-39-23-15-31-53(61)75-7)84-62-40-24-16-32-54(62)76-8/h9-44H,1-8H3. The van der Waals surface area contributed by atoms with Crippen molar-refractivity contribution in [1.82, 2.24) is 0 Å². The molecule has 0 spiro atoms. The molecule has 0 atom stereocenters. The number of rotatable bonds is 30. The minimum absolute atomic E-state index is 0.0603. The molecule has 0 fully saturated rings. The average Bonchev–Trinajstić information content (AvgIpc) is 0.907. The van der Waals surface area contributed by atoms with E-state index in [9.17, 15) is 0 Å². The minimum atomic E-state index is -5.54. The maximum Gasteiger partial charge on any atom is 0.555 e. The van der Waals surface area contributed by atoms with E-state index in [2.05, 4.69) is 0 Å². The molecular formula is C62H60N2O20P4. The fourth-order valence-electron chi connectivity index (χ4n) is 8.49. The zero-order valence-electron chi connectivity index (χ0n) is 48.6. The fraction of sp³-hybridized carbons (Fsp3) is 0.129. The van der Waals surface area contributed by atoms with Gasteiger partial charge in [-0.3, -0.25) is 0 Å². The van der Waals surface area contributed by atoms with Gasteiger partial charge in [0.2, 0.25) is 0 Å². The summed E-state index contributed by atoms with van der Waals surface area (Å²) >= 11 is 0. The molecule has 9 aromatic rings. The molecule has 22 nitrogen and oxygen atoms in total. The van der Waals surface area contributed by atoms with Crippen molar-refractivity contribution >= 4 is 42.4 Å². The summed E-state index contributed by atoms with van der Waals surface area (Å²) in [7, 11) is -11.3. The Labute approximate surface area is 508 Å². The molecule has 0 saturated carbocycles. The summed E-state index contributed by atoms with van der Waals surface area (Å²) in [5.41, 5.74) is -0.690. The lowest BCUT2D eigenvalue weighted by molar-refractivity contribution is 0.331. The summed E-state index contributed by atoms with van der Waals surface area (Å²) in [6.45, 7) is 0. The first-order valence-corrected chi connectivity index (χ1v) is 32.4. The van der Waals surface area contributed by atoms with Gasteiger partial charge in [-0.05, 0) is 121 Å². The lowest BCUT2D eigenvalue weighted by Gasteiger charge is -2.37. The minimum Gasteiger partial charge on any atom is -0.493 e. The molecule has 0 saturated heterocycles. The van der Waals surface area contributed by atoms with Gasteiger partial charge in [-0.1, -0.05) is 97.1 Å². The van der Waals surface area contributed by atoms with E-state index in [4.69, 9.17) is 74.1 Å². The van der Waals surface area contributed by atoms with Crippen LogP contribution in [0.1, 0.15) is 0 Å². The van der Waals surface area contributed by atoms with E-state index in [-0.39, 0.29) is 103 Å². The van der Waals surface area contributed by atoms with E-state index in [1.165, 1.54) is 178 Å².